The van der Waals surface area contributed by atoms with Crippen LogP contribution in [0.4, 0.5) is 9.18 Å². The zero-order valence-corrected chi connectivity index (χ0v) is 15.0. The summed E-state index contributed by atoms with van der Waals surface area (Å²) in [4.78, 5) is 14.1. The minimum Gasteiger partial charge on any atom is -0.334 e. The topological polar surface area (TPSA) is 69.7 Å². The molecule has 2 amide bonds. The molecule has 2 aromatic rings. The highest BCUT2D eigenvalue weighted by Gasteiger charge is 2.29. The zero-order chi connectivity index (χ0) is 18.6. The number of rotatable bonds is 4. The van der Waals surface area contributed by atoms with Gasteiger partial charge in [-0.2, -0.15) is 4.31 Å². The lowest BCUT2D eigenvalue weighted by molar-refractivity contribution is 0.172. The summed E-state index contributed by atoms with van der Waals surface area (Å²) < 4.78 is 39.7. The Bertz CT molecular complexity index is 866. The maximum absolute atomic E-state index is 13.2. The summed E-state index contributed by atoms with van der Waals surface area (Å²) in [5, 5.41) is 2.73. The quantitative estimate of drug-likeness (QED) is 0.887. The van der Waals surface area contributed by atoms with Gasteiger partial charge in [-0.1, -0.05) is 30.3 Å². The van der Waals surface area contributed by atoms with Gasteiger partial charge >= 0.3 is 6.03 Å². The van der Waals surface area contributed by atoms with Crippen LogP contribution in [-0.4, -0.2) is 49.8 Å². The summed E-state index contributed by atoms with van der Waals surface area (Å²) in [6.45, 7) is 1.32. The molecule has 0 unspecified atom stereocenters. The Labute approximate surface area is 152 Å². The molecule has 0 saturated carbocycles. The lowest BCUT2D eigenvalue weighted by atomic mass is 10.2. The molecule has 26 heavy (non-hydrogen) atoms. The van der Waals surface area contributed by atoms with Gasteiger partial charge in [0.05, 0.1) is 4.90 Å². The molecule has 0 aliphatic carbocycles. The number of hydrogen-bond donors (Lipinski definition) is 1. The van der Waals surface area contributed by atoms with Crippen LogP contribution in [0.2, 0.25) is 0 Å². The predicted molar refractivity (Wildman–Crippen MR) is 95.4 cm³/mol. The highest BCUT2D eigenvalue weighted by atomic mass is 32.2. The van der Waals surface area contributed by atoms with Crippen molar-refractivity contribution >= 4 is 16.1 Å². The molecule has 1 aliphatic rings. The highest BCUT2D eigenvalue weighted by Crippen LogP contribution is 2.17. The number of nitrogens with one attached hydrogen (secondary N) is 1. The Hall–Kier alpha value is -2.45. The summed E-state index contributed by atoms with van der Waals surface area (Å²) in [5.41, 5.74) is 0.670. The normalized spacial score (nSPS) is 15.7. The molecular weight excluding hydrogens is 357 g/mol. The van der Waals surface area contributed by atoms with Gasteiger partial charge in [-0.15, -0.1) is 0 Å². The van der Waals surface area contributed by atoms with Crippen molar-refractivity contribution in [3.05, 3.63) is 66.0 Å². The lowest BCUT2D eigenvalue weighted by Crippen LogP contribution is -2.52. The second-order valence-corrected chi connectivity index (χ2v) is 7.93. The number of sulfonamides is 1. The molecule has 2 aromatic carbocycles. The number of carbonyl (C=O) groups is 1. The highest BCUT2D eigenvalue weighted by molar-refractivity contribution is 7.89. The SMILES string of the molecule is O=C(NCc1cccc(F)c1)N1CCN(S(=O)(=O)c2ccccc2)CC1. The molecule has 8 heteroatoms. The Morgan fingerprint density at radius 1 is 1.00 bits per heavy atom. The van der Waals surface area contributed by atoms with Gasteiger partial charge in [-0.25, -0.2) is 17.6 Å². The van der Waals surface area contributed by atoms with E-state index in [9.17, 15) is 17.6 Å². The first-order valence-electron chi connectivity index (χ1n) is 8.29. The van der Waals surface area contributed by atoms with Crippen molar-refractivity contribution in [2.45, 2.75) is 11.4 Å². The van der Waals surface area contributed by atoms with E-state index in [-0.39, 0.29) is 36.4 Å². The minimum absolute atomic E-state index is 0.221. The first kappa shape index (κ1) is 18.3. The first-order chi connectivity index (χ1) is 12.5. The van der Waals surface area contributed by atoms with Crippen LogP contribution in [0.25, 0.3) is 0 Å². The molecule has 0 aromatic heterocycles. The van der Waals surface area contributed by atoms with Crippen molar-refractivity contribution < 1.29 is 17.6 Å². The first-order valence-corrected chi connectivity index (χ1v) is 9.73. The maximum atomic E-state index is 13.2. The van der Waals surface area contributed by atoms with E-state index in [0.29, 0.717) is 18.7 Å². The summed E-state index contributed by atoms with van der Waals surface area (Å²) >= 11 is 0. The number of urea groups is 1. The van der Waals surface area contributed by atoms with Crippen LogP contribution in [0.3, 0.4) is 0 Å². The third-order valence-corrected chi connectivity index (χ3v) is 6.15. The minimum atomic E-state index is -3.54. The number of piperazine rings is 1. The van der Waals surface area contributed by atoms with Gasteiger partial charge in [0.2, 0.25) is 10.0 Å². The van der Waals surface area contributed by atoms with Crippen LogP contribution in [0, 0.1) is 5.82 Å². The lowest BCUT2D eigenvalue weighted by Gasteiger charge is -2.34. The molecule has 1 fully saturated rings. The van der Waals surface area contributed by atoms with Crippen LogP contribution >= 0.6 is 0 Å². The molecule has 0 atom stereocenters. The van der Waals surface area contributed by atoms with Crippen molar-refractivity contribution in [1.29, 1.82) is 0 Å². The van der Waals surface area contributed by atoms with Gasteiger partial charge < -0.3 is 10.2 Å². The van der Waals surface area contributed by atoms with Crippen LogP contribution in [0.1, 0.15) is 5.56 Å². The molecule has 1 saturated heterocycles. The van der Waals surface area contributed by atoms with Crippen molar-refractivity contribution in [3.8, 4) is 0 Å². The van der Waals surface area contributed by atoms with Gasteiger partial charge in [0.25, 0.3) is 0 Å². The van der Waals surface area contributed by atoms with E-state index >= 15 is 0 Å². The summed E-state index contributed by atoms with van der Waals surface area (Å²) in [7, 11) is -3.54. The molecule has 6 nitrogen and oxygen atoms in total. The summed E-state index contributed by atoms with van der Waals surface area (Å²) in [6.07, 6.45) is 0. The van der Waals surface area contributed by atoms with E-state index in [2.05, 4.69) is 5.32 Å². The third-order valence-electron chi connectivity index (χ3n) is 4.24. The van der Waals surface area contributed by atoms with E-state index in [1.54, 1.807) is 47.4 Å². The molecular formula is C18H20FN3O3S. The monoisotopic (exact) mass is 377 g/mol. The van der Waals surface area contributed by atoms with Crippen molar-refractivity contribution in [2.75, 3.05) is 26.2 Å². The third kappa shape index (κ3) is 4.20. The summed E-state index contributed by atoms with van der Waals surface area (Å²) in [5.74, 6) is -0.350. The van der Waals surface area contributed by atoms with Crippen molar-refractivity contribution in [3.63, 3.8) is 0 Å². The molecule has 0 radical (unpaired) electrons. The van der Waals surface area contributed by atoms with Crippen LogP contribution in [0.15, 0.2) is 59.5 Å². The van der Waals surface area contributed by atoms with Crippen molar-refractivity contribution in [1.82, 2.24) is 14.5 Å². The van der Waals surface area contributed by atoms with Crippen molar-refractivity contribution in [2.24, 2.45) is 0 Å². The molecule has 3 rings (SSSR count). The average Bonchev–Trinajstić information content (AvgIpc) is 2.67. The molecule has 0 spiro atoms. The van der Waals surface area contributed by atoms with E-state index in [1.165, 1.54) is 16.4 Å². The molecule has 1 N–H and O–H groups in total. The van der Waals surface area contributed by atoms with Gasteiger partial charge in [0.1, 0.15) is 5.82 Å². The number of benzene rings is 2. The Morgan fingerprint density at radius 2 is 1.69 bits per heavy atom. The van der Waals surface area contributed by atoms with Crippen LogP contribution in [-0.2, 0) is 16.6 Å². The fourth-order valence-electron chi connectivity index (χ4n) is 2.81. The second-order valence-electron chi connectivity index (χ2n) is 5.99. The Kier molecular flexibility index (Phi) is 5.53. The Balaban J connectivity index is 1.54. The molecule has 0 bridgehead atoms. The standard InChI is InChI=1S/C18H20FN3O3S/c19-16-6-4-5-15(13-16)14-20-18(23)21-9-11-22(12-10-21)26(24,25)17-7-2-1-3-8-17/h1-8,13H,9-12,14H2,(H,20,23). The average molecular weight is 377 g/mol. The maximum Gasteiger partial charge on any atom is 0.317 e. The smallest absolute Gasteiger partial charge is 0.317 e. The number of hydrogen-bond acceptors (Lipinski definition) is 3. The fourth-order valence-corrected chi connectivity index (χ4v) is 4.25. The molecule has 1 heterocycles. The van der Waals surface area contributed by atoms with Crippen LogP contribution in [0.5, 0.6) is 0 Å². The zero-order valence-electron chi connectivity index (χ0n) is 14.1. The number of amides is 2. The van der Waals surface area contributed by atoms with Gasteiger partial charge in [0, 0.05) is 32.7 Å². The number of nitrogens with zero attached hydrogens (tertiary/aromatic N) is 2. The van der Waals surface area contributed by atoms with E-state index in [4.69, 9.17) is 0 Å². The largest absolute Gasteiger partial charge is 0.334 e. The van der Waals surface area contributed by atoms with E-state index in [0.717, 1.165) is 0 Å². The van der Waals surface area contributed by atoms with E-state index < -0.39 is 10.0 Å². The predicted octanol–water partition coefficient (Wildman–Crippen LogP) is 2.04. The van der Waals surface area contributed by atoms with E-state index in [1.807, 2.05) is 0 Å². The van der Waals surface area contributed by atoms with Gasteiger partial charge in [0.15, 0.2) is 0 Å². The fraction of sp³-hybridized carbons (Fsp3) is 0.278. The molecule has 138 valence electrons. The van der Waals surface area contributed by atoms with Crippen LogP contribution < -0.4 is 5.32 Å². The van der Waals surface area contributed by atoms with Gasteiger partial charge in [-0.05, 0) is 29.8 Å². The number of carbonyl (C=O) groups excluding carboxylic acids is 1. The van der Waals surface area contributed by atoms with Gasteiger partial charge in [-0.3, -0.25) is 0 Å². The Morgan fingerprint density at radius 3 is 2.35 bits per heavy atom. The molecule has 1 aliphatic heterocycles. The second kappa shape index (κ2) is 7.84. The summed E-state index contributed by atoms with van der Waals surface area (Å²) in [6, 6.07) is 14.0. The number of halogens is 1.